The number of ether oxygens (including phenoxy) is 1. The van der Waals surface area contributed by atoms with Crippen LogP contribution in [-0.2, 0) is 0 Å². The standard InChI is InChI=1S/C25H17N3O9/c1-14(15-5-3-2-4-6-15)26-23(29)21-11-16-7-8-20(13-22(16)37-25(21)31)36-24(30)17-9-18(27(32)33)12-19(10-17)28(34)35/h2-14H,1H3,(H,26,29). The third-order valence-electron chi connectivity index (χ3n) is 5.37. The molecule has 12 heteroatoms. The van der Waals surface area contributed by atoms with Crippen molar-refractivity contribution in [3.8, 4) is 5.75 Å². The van der Waals surface area contributed by atoms with E-state index in [1.807, 2.05) is 30.3 Å². The fraction of sp³-hybridized carbons (Fsp3) is 0.0800. The second-order valence-corrected chi connectivity index (χ2v) is 7.89. The molecule has 0 aliphatic rings. The molecule has 1 atom stereocenters. The maximum Gasteiger partial charge on any atom is 0.349 e. The number of benzene rings is 3. The number of non-ortho nitro benzene ring substituents is 2. The number of carbonyl (C=O) groups excluding carboxylic acids is 2. The van der Waals surface area contributed by atoms with Crippen LogP contribution in [0.2, 0.25) is 0 Å². The number of nitrogens with one attached hydrogen (secondary N) is 1. The first-order chi connectivity index (χ1) is 17.6. The molecule has 1 aromatic heterocycles. The smallest absolute Gasteiger partial charge is 0.349 e. The molecule has 1 heterocycles. The molecule has 12 nitrogen and oxygen atoms in total. The van der Waals surface area contributed by atoms with E-state index in [1.165, 1.54) is 24.3 Å². The average molecular weight is 503 g/mol. The van der Waals surface area contributed by atoms with Crippen LogP contribution in [0.15, 0.2) is 82.0 Å². The number of amides is 1. The number of nitro groups is 2. The van der Waals surface area contributed by atoms with Gasteiger partial charge in [-0.2, -0.15) is 0 Å². The molecule has 0 aliphatic heterocycles. The summed E-state index contributed by atoms with van der Waals surface area (Å²) in [5.41, 5.74) is -2.00. The molecule has 186 valence electrons. The zero-order chi connectivity index (χ0) is 26.7. The topological polar surface area (TPSA) is 172 Å². The van der Waals surface area contributed by atoms with Gasteiger partial charge < -0.3 is 14.5 Å². The van der Waals surface area contributed by atoms with Crippen molar-refractivity contribution in [3.05, 3.63) is 120 Å². The molecule has 0 radical (unpaired) electrons. The van der Waals surface area contributed by atoms with E-state index in [0.717, 1.165) is 23.8 Å². The van der Waals surface area contributed by atoms with E-state index in [1.54, 1.807) is 6.92 Å². The summed E-state index contributed by atoms with van der Waals surface area (Å²) in [6.45, 7) is 1.77. The minimum atomic E-state index is -1.10. The van der Waals surface area contributed by atoms with Crippen molar-refractivity contribution in [1.82, 2.24) is 5.32 Å². The van der Waals surface area contributed by atoms with Crippen molar-refractivity contribution in [3.63, 3.8) is 0 Å². The Morgan fingerprint density at radius 1 is 0.919 bits per heavy atom. The number of hydrogen-bond donors (Lipinski definition) is 1. The fourth-order valence-electron chi connectivity index (χ4n) is 3.50. The molecule has 0 bridgehead atoms. The maximum atomic E-state index is 12.7. The van der Waals surface area contributed by atoms with Gasteiger partial charge >= 0.3 is 11.6 Å². The third kappa shape index (κ3) is 5.48. The molecule has 4 rings (SSSR count). The quantitative estimate of drug-likeness (QED) is 0.127. The van der Waals surface area contributed by atoms with Crippen molar-refractivity contribution in [2.75, 3.05) is 0 Å². The zero-order valence-corrected chi connectivity index (χ0v) is 19.1. The second-order valence-electron chi connectivity index (χ2n) is 7.89. The van der Waals surface area contributed by atoms with Gasteiger partial charge in [0.25, 0.3) is 17.3 Å². The van der Waals surface area contributed by atoms with Crippen LogP contribution >= 0.6 is 0 Å². The van der Waals surface area contributed by atoms with Crippen LogP contribution in [0.3, 0.4) is 0 Å². The van der Waals surface area contributed by atoms with Gasteiger partial charge in [-0.1, -0.05) is 30.3 Å². The van der Waals surface area contributed by atoms with E-state index in [9.17, 15) is 34.6 Å². The molecule has 0 fully saturated rings. The highest BCUT2D eigenvalue weighted by atomic mass is 16.6. The van der Waals surface area contributed by atoms with Crippen molar-refractivity contribution >= 4 is 34.2 Å². The van der Waals surface area contributed by atoms with Gasteiger partial charge in [-0.25, -0.2) is 9.59 Å². The first-order valence-electron chi connectivity index (χ1n) is 10.7. The lowest BCUT2D eigenvalue weighted by molar-refractivity contribution is -0.394. The lowest BCUT2D eigenvalue weighted by Gasteiger charge is -2.14. The summed E-state index contributed by atoms with van der Waals surface area (Å²) in [7, 11) is 0. The van der Waals surface area contributed by atoms with Gasteiger partial charge in [0.1, 0.15) is 16.9 Å². The maximum absolute atomic E-state index is 12.7. The highest BCUT2D eigenvalue weighted by molar-refractivity contribution is 5.97. The van der Waals surface area contributed by atoms with Crippen LogP contribution in [0.4, 0.5) is 11.4 Å². The highest BCUT2D eigenvalue weighted by Gasteiger charge is 2.22. The summed E-state index contributed by atoms with van der Waals surface area (Å²) in [6, 6.07) is 16.5. The number of hydrogen-bond acceptors (Lipinski definition) is 9. The molecular weight excluding hydrogens is 486 g/mol. The molecule has 3 aromatic carbocycles. The molecule has 0 aliphatic carbocycles. The number of rotatable bonds is 7. The third-order valence-corrected chi connectivity index (χ3v) is 5.37. The fourth-order valence-corrected chi connectivity index (χ4v) is 3.50. The van der Waals surface area contributed by atoms with Gasteiger partial charge in [-0.15, -0.1) is 0 Å². The zero-order valence-electron chi connectivity index (χ0n) is 19.1. The number of esters is 1. The van der Waals surface area contributed by atoms with E-state index in [-0.39, 0.29) is 22.9 Å². The molecule has 0 spiro atoms. The predicted molar refractivity (Wildman–Crippen MR) is 130 cm³/mol. The predicted octanol–water partition coefficient (Wildman–Crippen LogP) is 4.32. The van der Waals surface area contributed by atoms with Gasteiger partial charge in [0.05, 0.1) is 27.5 Å². The molecule has 1 amide bonds. The number of nitrogens with zero attached hydrogens (tertiary/aromatic N) is 2. The molecule has 0 saturated heterocycles. The van der Waals surface area contributed by atoms with Gasteiger partial charge in [0, 0.05) is 23.6 Å². The number of nitro benzene ring substituents is 2. The minimum Gasteiger partial charge on any atom is -0.423 e. The van der Waals surface area contributed by atoms with E-state index in [4.69, 9.17) is 9.15 Å². The summed E-state index contributed by atoms with van der Waals surface area (Å²) in [6.07, 6.45) is 0. The lowest BCUT2D eigenvalue weighted by Crippen LogP contribution is -2.30. The Hall–Kier alpha value is -5.39. The number of fused-ring (bicyclic) bond motifs is 1. The van der Waals surface area contributed by atoms with Crippen LogP contribution in [0.25, 0.3) is 11.0 Å². The normalized spacial score (nSPS) is 11.5. The first-order valence-corrected chi connectivity index (χ1v) is 10.7. The van der Waals surface area contributed by atoms with Gasteiger partial charge in [-0.05, 0) is 30.7 Å². The highest BCUT2D eigenvalue weighted by Crippen LogP contribution is 2.25. The van der Waals surface area contributed by atoms with E-state index < -0.39 is 44.3 Å². The van der Waals surface area contributed by atoms with Crippen LogP contribution in [0.5, 0.6) is 5.75 Å². The Labute approximate surface area is 207 Å². The van der Waals surface area contributed by atoms with E-state index in [0.29, 0.717) is 5.39 Å². The molecule has 37 heavy (non-hydrogen) atoms. The monoisotopic (exact) mass is 503 g/mol. The summed E-state index contributed by atoms with van der Waals surface area (Å²) in [5.74, 6) is -1.82. The van der Waals surface area contributed by atoms with Crippen LogP contribution in [0.1, 0.15) is 39.2 Å². The Bertz CT molecular complexity index is 1580. The van der Waals surface area contributed by atoms with Crippen LogP contribution < -0.4 is 15.7 Å². The first kappa shape index (κ1) is 24.7. The molecule has 0 saturated carbocycles. The Morgan fingerprint density at radius 2 is 1.57 bits per heavy atom. The molecule has 1 unspecified atom stereocenters. The lowest BCUT2D eigenvalue weighted by atomic mass is 10.1. The average Bonchev–Trinajstić information content (AvgIpc) is 2.88. The van der Waals surface area contributed by atoms with E-state index in [2.05, 4.69) is 5.32 Å². The molecule has 1 N–H and O–H groups in total. The number of carbonyl (C=O) groups is 2. The van der Waals surface area contributed by atoms with Crippen LogP contribution in [0, 0.1) is 20.2 Å². The van der Waals surface area contributed by atoms with Gasteiger partial charge in [0.2, 0.25) is 0 Å². The van der Waals surface area contributed by atoms with Crippen molar-refractivity contribution in [2.45, 2.75) is 13.0 Å². The summed E-state index contributed by atoms with van der Waals surface area (Å²) in [4.78, 5) is 58.0. The Morgan fingerprint density at radius 3 is 2.19 bits per heavy atom. The summed E-state index contributed by atoms with van der Waals surface area (Å²) >= 11 is 0. The summed E-state index contributed by atoms with van der Waals surface area (Å²) in [5, 5.41) is 25.2. The SMILES string of the molecule is CC(NC(=O)c1cc2ccc(OC(=O)c3cc([N+](=O)[O-])cc([N+](=O)[O-])c3)cc2oc1=O)c1ccccc1. The van der Waals surface area contributed by atoms with Crippen molar-refractivity contribution in [1.29, 1.82) is 0 Å². The largest absolute Gasteiger partial charge is 0.423 e. The Kier molecular flexibility index (Phi) is 6.73. The van der Waals surface area contributed by atoms with Crippen molar-refractivity contribution in [2.24, 2.45) is 0 Å². The summed E-state index contributed by atoms with van der Waals surface area (Å²) < 4.78 is 10.4. The van der Waals surface area contributed by atoms with Gasteiger partial charge in [-0.3, -0.25) is 25.0 Å². The molecule has 4 aromatic rings. The second kappa shape index (κ2) is 10.1. The van der Waals surface area contributed by atoms with E-state index >= 15 is 0 Å². The van der Waals surface area contributed by atoms with Crippen molar-refractivity contribution < 1.29 is 28.6 Å². The molecular formula is C25H17N3O9. The van der Waals surface area contributed by atoms with Crippen LogP contribution in [-0.4, -0.2) is 21.7 Å². The van der Waals surface area contributed by atoms with Gasteiger partial charge in [0.15, 0.2) is 0 Å². The Balaban J connectivity index is 1.57. The minimum absolute atomic E-state index is 0.00739.